The van der Waals surface area contributed by atoms with Crippen molar-refractivity contribution in [3.05, 3.63) is 38.3 Å². The molecule has 0 bridgehead atoms. The normalized spacial score (nSPS) is 21.6. The van der Waals surface area contributed by atoms with Crippen molar-refractivity contribution in [1.29, 1.82) is 0 Å². The Hall–Kier alpha value is -0.940. The monoisotopic (exact) mass is 340 g/mol. The first-order valence-electron chi connectivity index (χ1n) is 7.04. The lowest BCUT2D eigenvalue weighted by atomic mass is 9.75. The highest BCUT2D eigenvalue weighted by Gasteiger charge is 2.27. The summed E-state index contributed by atoms with van der Waals surface area (Å²) in [6.45, 7) is 5.29. The van der Waals surface area contributed by atoms with Crippen molar-refractivity contribution in [1.82, 2.24) is 5.32 Å². The fraction of sp³-hybridized carbons (Fsp3) is 0.600. The quantitative estimate of drug-likeness (QED) is 0.652. The van der Waals surface area contributed by atoms with E-state index in [-0.39, 0.29) is 10.6 Å². The summed E-state index contributed by atoms with van der Waals surface area (Å²) in [6.07, 6.45) is 4.89. The molecule has 1 atom stereocenters. The molecule has 1 fully saturated rings. The minimum absolute atomic E-state index is 0.133. The average molecular weight is 341 g/mol. The van der Waals surface area contributed by atoms with Crippen LogP contribution >= 0.6 is 15.9 Å². The Labute approximate surface area is 128 Å². The third-order valence-electron chi connectivity index (χ3n) is 4.04. The Morgan fingerprint density at radius 2 is 2.25 bits per heavy atom. The van der Waals surface area contributed by atoms with E-state index in [9.17, 15) is 10.1 Å². The largest absolute Gasteiger partial charge is 0.310 e. The molecule has 1 aromatic rings. The first-order chi connectivity index (χ1) is 9.39. The molecule has 110 valence electrons. The molecule has 0 spiro atoms. The zero-order chi connectivity index (χ0) is 14.8. The van der Waals surface area contributed by atoms with Crippen LogP contribution in [0.1, 0.15) is 45.1 Å². The van der Waals surface area contributed by atoms with E-state index in [0.717, 1.165) is 5.56 Å². The van der Waals surface area contributed by atoms with Gasteiger partial charge >= 0.3 is 0 Å². The zero-order valence-corrected chi connectivity index (χ0v) is 13.6. The molecular formula is C15H21BrN2O2. The number of hydrogen-bond acceptors (Lipinski definition) is 3. The topological polar surface area (TPSA) is 55.2 Å². The van der Waals surface area contributed by atoms with Gasteiger partial charge in [-0.25, -0.2) is 0 Å². The molecule has 0 heterocycles. The summed E-state index contributed by atoms with van der Waals surface area (Å²) in [5, 5.41) is 14.5. The summed E-state index contributed by atoms with van der Waals surface area (Å²) in [6, 6.07) is 5.70. The van der Waals surface area contributed by atoms with Crippen molar-refractivity contribution in [3.8, 4) is 0 Å². The van der Waals surface area contributed by atoms with Gasteiger partial charge in [0.1, 0.15) is 0 Å². The van der Waals surface area contributed by atoms with Crippen LogP contribution in [-0.2, 0) is 6.54 Å². The van der Waals surface area contributed by atoms with Crippen molar-refractivity contribution in [2.24, 2.45) is 5.41 Å². The second-order valence-electron chi connectivity index (χ2n) is 6.35. The van der Waals surface area contributed by atoms with E-state index >= 15 is 0 Å². The summed E-state index contributed by atoms with van der Waals surface area (Å²) < 4.78 is 0.590. The number of benzene rings is 1. The summed E-state index contributed by atoms with van der Waals surface area (Å²) in [7, 11) is 0. The SMILES string of the molecule is CC1(C)CCCC(NCc2cccc([N+](=O)[O-])c2Br)C1. The van der Waals surface area contributed by atoms with Crippen LogP contribution in [0.4, 0.5) is 5.69 Å². The van der Waals surface area contributed by atoms with Gasteiger partial charge in [0.05, 0.1) is 9.40 Å². The molecule has 1 aliphatic carbocycles. The first-order valence-corrected chi connectivity index (χ1v) is 7.83. The lowest BCUT2D eigenvalue weighted by molar-refractivity contribution is -0.385. The second kappa shape index (κ2) is 6.22. The molecule has 5 heteroatoms. The van der Waals surface area contributed by atoms with Gasteiger partial charge in [0.15, 0.2) is 0 Å². The van der Waals surface area contributed by atoms with E-state index in [1.165, 1.54) is 31.7 Å². The Morgan fingerprint density at radius 1 is 1.50 bits per heavy atom. The number of halogens is 1. The molecule has 1 aliphatic rings. The first kappa shape index (κ1) is 15.4. The van der Waals surface area contributed by atoms with Crippen molar-refractivity contribution < 1.29 is 4.92 Å². The number of nitrogens with one attached hydrogen (secondary N) is 1. The molecule has 0 aliphatic heterocycles. The zero-order valence-electron chi connectivity index (χ0n) is 12.0. The Morgan fingerprint density at radius 3 is 2.90 bits per heavy atom. The van der Waals surface area contributed by atoms with Crippen LogP contribution in [0.15, 0.2) is 22.7 Å². The molecule has 20 heavy (non-hydrogen) atoms. The number of nitrogens with zero attached hydrogens (tertiary/aromatic N) is 1. The maximum absolute atomic E-state index is 10.9. The molecular weight excluding hydrogens is 320 g/mol. The van der Waals surface area contributed by atoms with Gasteiger partial charge in [-0.1, -0.05) is 32.4 Å². The van der Waals surface area contributed by atoms with Crippen molar-refractivity contribution in [2.45, 2.75) is 52.1 Å². The van der Waals surface area contributed by atoms with Crippen LogP contribution in [0.25, 0.3) is 0 Å². The Bertz CT molecular complexity index is 503. The predicted molar refractivity (Wildman–Crippen MR) is 83.7 cm³/mol. The van der Waals surface area contributed by atoms with E-state index in [0.29, 0.717) is 22.5 Å². The highest BCUT2D eigenvalue weighted by molar-refractivity contribution is 9.10. The van der Waals surface area contributed by atoms with Crippen LogP contribution in [0, 0.1) is 15.5 Å². The minimum atomic E-state index is -0.350. The number of nitro groups is 1. The smallest absolute Gasteiger partial charge is 0.283 e. The predicted octanol–water partition coefficient (Wildman–Crippen LogP) is 4.42. The van der Waals surface area contributed by atoms with Gasteiger partial charge in [0.2, 0.25) is 0 Å². The highest BCUT2D eigenvalue weighted by atomic mass is 79.9. The maximum Gasteiger partial charge on any atom is 0.283 e. The molecule has 2 rings (SSSR count). The molecule has 4 nitrogen and oxygen atoms in total. The van der Waals surface area contributed by atoms with Crippen molar-refractivity contribution >= 4 is 21.6 Å². The molecule has 0 saturated heterocycles. The molecule has 1 aromatic carbocycles. The number of hydrogen-bond donors (Lipinski definition) is 1. The van der Waals surface area contributed by atoms with Gasteiger partial charge in [-0.15, -0.1) is 0 Å². The van der Waals surface area contributed by atoms with E-state index < -0.39 is 0 Å². The molecule has 1 N–H and O–H groups in total. The third-order valence-corrected chi connectivity index (χ3v) is 4.96. The summed E-state index contributed by atoms with van der Waals surface area (Å²) in [4.78, 5) is 10.6. The van der Waals surface area contributed by atoms with Gasteiger partial charge in [-0.05, 0) is 46.2 Å². The Kier molecular flexibility index (Phi) is 4.81. The fourth-order valence-corrected chi connectivity index (χ4v) is 3.52. The summed E-state index contributed by atoms with van der Waals surface area (Å²) in [5.74, 6) is 0. The lowest BCUT2D eigenvalue weighted by Crippen LogP contribution is -2.36. The van der Waals surface area contributed by atoms with Crippen LogP contribution in [0.5, 0.6) is 0 Å². The van der Waals surface area contributed by atoms with E-state index in [1.54, 1.807) is 6.07 Å². The van der Waals surface area contributed by atoms with E-state index in [4.69, 9.17) is 0 Å². The summed E-state index contributed by atoms with van der Waals surface area (Å²) in [5.41, 5.74) is 1.48. The third kappa shape index (κ3) is 3.79. The summed E-state index contributed by atoms with van der Waals surface area (Å²) >= 11 is 3.35. The fourth-order valence-electron chi connectivity index (χ4n) is 2.97. The van der Waals surface area contributed by atoms with E-state index in [1.807, 2.05) is 6.07 Å². The second-order valence-corrected chi connectivity index (χ2v) is 7.14. The average Bonchev–Trinajstić information content (AvgIpc) is 2.36. The van der Waals surface area contributed by atoms with Gasteiger partial charge in [-0.2, -0.15) is 0 Å². The van der Waals surface area contributed by atoms with Crippen LogP contribution < -0.4 is 5.32 Å². The molecule has 1 unspecified atom stereocenters. The van der Waals surface area contributed by atoms with Crippen LogP contribution in [0.2, 0.25) is 0 Å². The molecule has 1 saturated carbocycles. The molecule has 0 amide bonds. The van der Waals surface area contributed by atoms with Crippen LogP contribution in [-0.4, -0.2) is 11.0 Å². The number of rotatable bonds is 4. The van der Waals surface area contributed by atoms with Crippen molar-refractivity contribution in [2.75, 3.05) is 0 Å². The van der Waals surface area contributed by atoms with Crippen LogP contribution in [0.3, 0.4) is 0 Å². The highest BCUT2D eigenvalue weighted by Crippen LogP contribution is 2.35. The minimum Gasteiger partial charge on any atom is -0.310 e. The van der Waals surface area contributed by atoms with Gasteiger partial charge in [-0.3, -0.25) is 10.1 Å². The lowest BCUT2D eigenvalue weighted by Gasteiger charge is -2.35. The van der Waals surface area contributed by atoms with Gasteiger partial charge < -0.3 is 5.32 Å². The van der Waals surface area contributed by atoms with Crippen molar-refractivity contribution in [3.63, 3.8) is 0 Å². The van der Waals surface area contributed by atoms with E-state index in [2.05, 4.69) is 35.1 Å². The standard InChI is InChI=1S/C15H21BrN2O2/c1-15(2)8-4-6-12(9-15)17-10-11-5-3-7-13(14(11)16)18(19)20/h3,5,7,12,17H,4,6,8-10H2,1-2H3. The van der Waals surface area contributed by atoms with Gasteiger partial charge in [0, 0.05) is 18.7 Å². The number of nitro benzene ring substituents is 1. The maximum atomic E-state index is 10.9. The molecule has 0 radical (unpaired) electrons. The van der Waals surface area contributed by atoms with Gasteiger partial charge in [0.25, 0.3) is 5.69 Å². The Balaban J connectivity index is 2.01. The molecule has 0 aromatic heterocycles.